The number of hydrogen-bond acceptors (Lipinski definition) is 5. The second-order valence-electron chi connectivity index (χ2n) is 8.05. The molecule has 4 rings (SSSR count). The van der Waals surface area contributed by atoms with E-state index in [2.05, 4.69) is 37.2 Å². The predicted octanol–water partition coefficient (Wildman–Crippen LogP) is 5.51. The van der Waals surface area contributed by atoms with E-state index in [0.29, 0.717) is 35.7 Å². The Balaban J connectivity index is 1.74. The average molecular weight is 523 g/mol. The first-order valence-electron chi connectivity index (χ1n) is 10.9. The van der Waals surface area contributed by atoms with Crippen LogP contribution in [0.5, 0.6) is 5.75 Å². The molecule has 0 unspecified atom stereocenters. The summed E-state index contributed by atoms with van der Waals surface area (Å²) in [5, 5.41) is 18.5. The van der Waals surface area contributed by atoms with Crippen LogP contribution < -0.4 is 4.74 Å². The standard InChI is InChI=1S/C25H24BrFN6O/c1-5-33-14-17(23(11-28)30-33)8-18-13-32(4)31-25(18)21-7-6-20(27)10-22(21)16(3)34-24-9-19(26)12-29-15(24)2/h6-7,9-10,12-14,16H,5,8H2,1-4H3/t16-/m1/s1. The highest BCUT2D eigenvalue weighted by molar-refractivity contribution is 9.10. The Morgan fingerprint density at radius 1 is 1.21 bits per heavy atom. The highest BCUT2D eigenvalue weighted by Crippen LogP contribution is 2.34. The van der Waals surface area contributed by atoms with Crippen LogP contribution in [0, 0.1) is 24.1 Å². The van der Waals surface area contributed by atoms with Gasteiger partial charge in [-0.2, -0.15) is 15.5 Å². The Morgan fingerprint density at radius 3 is 2.74 bits per heavy atom. The molecular weight excluding hydrogens is 499 g/mol. The van der Waals surface area contributed by atoms with Crippen LogP contribution in [-0.2, 0) is 20.0 Å². The summed E-state index contributed by atoms with van der Waals surface area (Å²) in [7, 11) is 1.84. The molecule has 3 heterocycles. The maximum Gasteiger partial charge on any atom is 0.165 e. The second kappa shape index (κ2) is 9.77. The van der Waals surface area contributed by atoms with Crippen LogP contribution in [0.3, 0.4) is 0 Å². The van der Waals surface area contributed by atoms with Crippen LogP contribution in [0.25, 0.3) is 11.3 Å². The van der Waals surface area contributed by atoms with Crippen molar-refractivity contribution in [1.82, 2.24) is 24.5 Å². The molecular formula is C25H24BrFN6O. The molecule has 7 nitrogen and oxygen atoms in total. The van der Waals surface area contributed by atoms with Gasteiger partial charge in [0.05, 0.1) is 11.4 Å². The lowest BCUT2D eigenvalue weighted by atomic mass is 9.96. The molecule has 0 aliphatic rings. The summed E-state index contributed by atoms with van der Waals surface area (Å²) < 4.78 is 24.8. The van der Waals surface area contributed by atoms with Gasteiger partial charge in [0.25, 0.3) is 0 Å². The van der Waals surface area contributed by atoms with Crippen LogP contribution in [0.2, 0.25) is 0 Å². The molecule has 3 aromatic heterocycles. The third-order valence-corrected chi connectivity index (χ3v) is 6.00. The van der Waals surface area contributed by atoms with Crippen molar-refractivity contribution < 1.29 is 9.13 Å². The van der Waals surface area contributed by atoms with Crippen molar-refractivity contribution in [1.29, 1.82) is 5.26 Å². The number of nitriles is 1. The van der Waals surface area contributed by atoms with E-state index in [9.17, 15) is 9.65 Å². The van der Waals surface area contributed by atoms with Gasteiger partial charge >= 0.3 is 0 Å². The number of aromatic nitrogens is 5. The highest BCUT2D eigenvalue weighted by Gasteiger charge is 2.21. The van der Waals surface area contributed by atoms with E-state index >= 15 is 0 Å². The highest BCUT2D eigenvalue weighted by atomic mass is 79.9. The van der Waals surface area contributed by atoms with E-state index in [4.69, 9.17) is 4.74 Å². The molecule has 1 aromatic carbocycles. The second-order valence-corrected chi connectivity index (χ2v) is 8.97. The zero-order valence-electron chi connectivity index (χ0n) is 19.4. The van der Waals surface area contributed by atoms with Crippen molar-refractivity contribution in [2.45, 2.75) is 39.8 Å². The summed E-state index contributed by atoms with van der Waals surface area (Å²) in [6.07, 6.45) is 5.52. The minimum atomic E-state index is -0.465. The van der Waals surface area contributed by atoms with Gasteiger partial charge < -0.3 is 4.74 Å². The first-order chi connectivity index (χ1) is 16.3. The molecule has 0 spiro atoms. The number of ether oxygens (including phenoxy) is 1. The summed E-state index contributed by atoms with van der Waals surface area (Å²) in [6.45, 7) is 6.39. The molecule has 0 aliphatic carbocycles. The van der Waals surface area contributed by atoms with E-state index in [1.807, 2.05) is 46.3 Å². The van der Waals surface area contributed by atoms with Crippen molar-refractivity contribution in [3.63, 3.8) is 0 Å². The number of halogens is 2. The van der Waals surface area contributed by atoms with E-state index in [1.54, 1.807) is 21.6 Å². The molecule has 0 saturated heterocycles. The monoisotopic (exact) mass is 522 g/mol. The number of pyridine rings is 1. The third-order valence-electron chi connectivity index (χ3n) is 5.57. The summed E-state index contributed by atoms with van der Waals surface area (Å²) in [4.78, 5) is 4.32. The third kappa shape index (κ3) is 4.87. The maximum absolute atomic E-state index is 14.4. The van der Waals surface area contributed by atoms with Crippen LogP contribution in [0.1, 0.15) is 48.0 Å². The van der Waals surface area contributed by atoms with E-state index in [1.165, 1.54) is 12.1 Å². The smallest absolute Gasteiger partial charge is 0.165 e. The number of aryl methyl sites for hydroxylation is 3. The first-order valence-corrected chi connectivity index (χ1v) is 11.7. The van der Waals surface area contributed by atoms with Gasteiger partial charge in [-0.3, -0.25) is 14.3 Å². The lowest BCUT2D eigenvalue weighted by molar-refractivity contribution is 0.224. The molecule has 174 valence electrons. The fourth-order valence-electron chi connectivity index (χ4n) is 3.89. The van der Waals surface area contributed by atoms with Gasteiger partial charge in [-0.05, 0) is 61.0 Å². The molecule has 0 amide bonds. The molecule has 4 aromatic rings. The van der Waals surface area contributed by atoms with Crippen molar-refractivity contribution in [3.05, 3.63) is 81.2 Å². The minimum Gasteiger partial charge on any atom is -0.484 e. The Labute approximate surface area is 205 Å². The van der Waals surface area contributed by atoms with Crippen molar-refractivity contribution in [2.75, 3.05) is 0 Å². The molecule has 0 saturated carbocycles. The van der Waals surface area contributed by atoms with E-state index < -0.39 is 6.10 Å². The van der Waals surface area contributed by atoms with Gasteiger partial charge in [0.15, 0.2) is 5.69 Å². The quantitative estimate of drug-likeness (QED) is 0.319. The molecule has 0 aliphatic heterocycles. The lowest BCUT2D eigenvalue weighted by Gasteiger charge is -2.19. The van der Waals surface area contributed by atoms with Gasteiger partial charge in [-0.25, -0.2) is 4.39 Å². The number of nitrogens with zero attached hydrogens (tertiary/aromatic N) is 6. The van der Waals surface area contributed by atoms with E-state index in [0.717, 1.165) is 26.9 Å². The van der Waals surface area contributed by atoms with Gasteiger partial charge in [0, 0.05) is 65.3 Å². The van der Waals surface area contributed by atoms with Crippen LogP contribution in [-0.4, -0.2) is 24.5 Å². The number of rotatable bonds is 7. The molecule has 1 atom stereocenters. The van der Waals surface area contributed by atoms with Crippen LogP contribution in [0.4, 0.5) is 4.39 Å². The Hall–Kier alpha value is -3.51. The van der Waals surface area contributed by atoms with Gasteiger partial charge in [0.1, 0.15) is 23.7 Å². The molecule has 0 radical (unpaired) electrons. The summed E-state index contributed by atoms with van der Waals surface area (Å²) in [6, 6.07) is 8.65. The fraction of sp³-hybridized carbons (Fsp3) is 0.280. The summed E-state index contributed by atoms with van der Waals surface area (Å²) >= 11 is 3.42. The molecule has 34 heavy (non-hydrogen) atoms. The van der Waals surface area contributed by atoms with Crippen LogP contribution in [0.15, 0.2) is 47.3 Å². The molecule has 0 N–H and O–H groups in total. The molecule has 9 heteroatoms. The zero-order valence-corrected chi connectivity index (χ0v) is 21.0. The number of hydrogen-bond donors (Lipinski definition) is 0. The summed E-state index contributed by atoms with van der Waals surface area (Å²) in [5.74, 6) is 0.260. The summed E-state index contributed by atoms with van der Waals surface area (Å²) in [5.41, 5.74) is 5.02. The molecule has 0 fully saturated rings. The van der Waals surface area contributed by atoms with Crippen LogP contribution >= 0.6 is 15.9 Å². The SMILES string of the molecule is CCn1cc(Cc2cn(C)nc2-c2ccc(F)cc2[C@@H](C)Oc2cc(Br)cnc2C)c(C#N)n1. The lowest BCUT2D eigenvalue weighted by Crippen LogP contribution is -2.08. The van der Waals surface area contributed by atoms with E-state index in [-0.39, 0.29) is 5.82 Å². The van der Waals surface area contributed by atoms with Crippen molar-refractivity contribution >= 4 is 15.9 Å². The number of benzene rings is 1. The Morgan fingerprint density at radius 2 is 2.00 bits per heavy atom. The fourth-order valence-corrected chi connectivity index (χ4v) is 4.21. The topological polar surface area (TPSA) is 81.5 Å². The molecule has 0 bridgehead atoms. The normalized spacial score (nSPS) is 11.9. The first kappa shape index (κ1) is 23.6. The average Bonchev–Trinajstić information content (AvgIpc) is 3.38. The van der Waals surface area contributed by atoms with Gasteiger partial charge in [0.2, 0.25) is 0 Å². The van der Waals surface area contributed by atoms with Crippen molar-refractivity contribution in [3.8, 4) is 23.1 Å². The largest absolute Gasteiger partial charge is 0.484 e. The van der Waals surface area contributed by atoms with Gasteiger partial charge in [-0.15, -0.1) is 0 Å². The van der Waals surface area contributed by atoms with Crippen molar-refractivity contribution in [2.24, 2.45) is 7.05 Å². The Bertz CT molecular complexity index is 1390. The zero-order chi connectivity index (χ0) is 24.4. The minimum absolute atomic E-state index is 0.355. The predicted molar refractivity (Wildman–Crippen MR) is 130 cm³/mol. The maximum atomic E-state index is 14.4. The Kier molecular flexibility index (Phi) is 6.80. The van der Waals surface area contributed by atoms with Gasteiger partial charge in [-0.1, -0.05) is 0 Å².